The number of ether oxygens (including phenoxy) is 1. The second-order valence-electron chi connectivity index (χ2n) is 4.49. The van der Waals surface area contributed by atoms with E-state index in [2.05, 4.69) is 29.1 Å². The van der Waals surface area contributed by atoms with Gasteiger partial charge in [0.15, 0.2) is 5.69 Å². The lowest BCUT2D eigenvalue weighted by molar-refractivity contribution is 0.0371. The summed E-state index contributed by atoms with van der Waals surface area (Å²) in [6.07, 6.45) is 1.40. The zero-order chi connectivity index (χ0) is 12.8. The van der Waals surface area contributed by atoms with Gasteiger partial charge >= 0.3 is 5.97 Å². The third-order valence-corrected chi connectivity index (χ3v) is 1.88. The van der Waals surface area contributed by atoms with E-state index in [1.807, 2.05) is 0 Å². The van der Waals surface area contributed by atoms with Gasteiger partial charge in [-0.3, -0.25) is 0 Å². The molecular weight excluding hydrogens is 218 g/mol. The highest BCUT2D eigenvalue weighted by Crippen LogP contribution is 2.05. The summed E-state index contributed by atoms with van der Waals surface area (Å²) in [7, 11) is 0. The maximum Gasteiger partial charge on any atom is 0.357 e. The van der Waals surface area contributed by atoms with Crippen molar-refractivity contribution in [1.82, 2.24) is 9.97 Å². The lowest BCUT2D eigenvalue weighted by Crippen LogP contribution is -2.16. The average molecular weight is 237 g/mol. The molecule has 1 aromatic heterocycles. The first kappa shape index (κ1) is 13.4. The van der Waals surface area contributed by atoms with Crippen LogP contribution in [0.3, 0.4) is 0 Å². The first-order chi connectivity index (χ1) is 7.99. The van der Waals surface area contributed by atoms with E-state index in [1.54, 1.807) is 26.1 Å². The Hall–Kier alpha value is -1.65. The number of rotatable bonds is 5. The van der Waals surface area contributed by atoms with Crippen LogP contribution < -0.4 is 5.32 Å². The Labute approximate surface area is 102 Å². The Morgan fingerprint density at radius 3 is 2.71 bits per heavy atom. The Morgan fingerprint density at radius 2 is 2.12 bits per heavy atom. The highest BCUT2D eigenvalue weighted by atomic mass is 16.5. The standard InChI is InChI=1S/C12H19N3O2/c1-8(2)7-14-12-13-6-5-10(15-12)11(16)17-9(3)4/h5-6,8-9H,7H2,1-4H3,(H,13,14,15). The smallest absolute Gasteiger partial charge is 0.357 e. The number of nitrogens with zero attached hydrogens (tertiary/aromatic N) is 2. The van der Waals surface area contributed by atoms with Crippen LogP contribution in [0.15, 0.2) is 12.3 Å². The molecular formula is C12H19N3O2. The maximum atomic E-state index is 11.6. The lowest BCUT2D eigenvalue weighted by atomic mass is 10.2. The summed E-state index contributed by atoms with van der Waals surface area (Å²) < 4.78 is 5.06. The first-order valence-corrected chi connectivity index (χ1v) is 5.77. The molecule has 0 radical (unpaired) electrons. The van der Waals surface area contributed by atoms with Crippen LogP contribution in [0.4, 0.5) is 5.95 Å². The second kappa shape index (κ2) is 6.18. The van der Waals surface area contributed by atoms with Crippen molar-refractivity contribution >= 4 is 11.9 Å². The summed E-state index contributed by atoms with van der Waals surface area (Å²) in [5.74, 6) is 0.525. The van der Waals surface area contributed by atoms with Gasteiger partial charge in [0, 0.05) is 12.7 Å². The number of aromatic nitrogens is 2. The van der Waals surface area contributed by atoms with Crippen LogP contribution in [-0.2, 0) is 4.74 Å². The van der Waals surface area contributed by atoms with E-state index in [1.165, 1.54) is 0 Å². The predicted octanol–water partition coefficient (Wildman–Crippen LogP) is 2.11. The molecule has 0 bridgehead atoms. The topological polar surface area (TPSA) is 64.1 Å². The van der Waals surface area contributed by atoms with E-state index in [0.717, 1.165) is 6.54 Å². The third-order valence-electron chi connectivity index (χ3n) is 1.88. The van der Waals surface area contributed by atoms with Gasteiger partial charge in [0.25, 0.3) is 0 Å². The molecule has 0 aliphatic heterocycles. The van der Waals surface area contributed by atoms with Crippen LogP contribution in [0.5, 0.6) is 0 Å². The van der Waals surface area contributed by atoms with Crippen molar-refractivity contribution in [2.45, 2.75) is 33.8 Å². The second-order valence-corrected chi connectivity index (χ2v) is 4.49. The van der Waals surface area contributed by atoms with Crippen LogP contribution in [-0.4, -0.2) is 28.6 Å². The van der Waals surface area contributed by atoms with Crippen LogP contribution >= 0.6 is 0 Å². The summed E-state index contributed by atoms with van der Waals surface area (Å²) in [5.41, 5.74) is 0.278. The van der Waals surface area contributed by atoms with Crippen molar-refractivity contribution < 1.29 is 9.53 Å². The van der Waals surface area contributed by atoms with Gasteiger partial charge in [-0.15, -0.1) is 0 Å². The van der Waals surface area contributed by atoms with Crippen LogP contribution in [0.25, 0.3) is 0 Å². The van der Waals surface area contributed by atoms with Crippen molar-refractivity contribution in [3.8, 4) is 0 Å². The van der Waals surface area contributed by atoms with Crippen molar-refractivity contribution in [3.05, 3.63) is 18.0 Å². The van der Waals surface area contributed by atoms with E-state index in [-0.39, 0.29) is 11.8 Å². The van der Waals surface area contributed by atoms with Gasteiger partial charge in [0.2, 0.25) is 5.95 Å². The summed E-state index contributed by atoms with van der Waals surface area (Å²) in [4.78, 5) is 19.7. The van der Waals surface area contributed by atoms with Gasteiger partial charge in [0.05, 0.1) is 6.10 Å². The molecule has 1 aromatic rings. The normalized spacial score (nSPS) is 10.7. The van der Waals surface area contributed by atoms with Crippen molar-refractivity contribution in [2.24, 2.45) is 5.92 Å². The molecule has 5 nitrogen and oxygen atoms in total. The molecule has 0 atom stereocenters. The molecule has 1 rings (SSSR count). The number of esters is 1. The predicted molar refractivity (Wildman–Crippen MR) is 65.9 cm³/mol. The zero-order valence-corrected chi connectivity index (χ0v) is 10.7. The van der Waals surface area contributed by atoms with Gasteiger partial charge in [-0.1, -0.05) is 13.8 Å². The van der Waals surface area contributed by atoms with Crippen LogP contribution in [0.1, 0.15) is 38.2 Å². The molecule has 0 unspecified atom stereocenters. The molecule has 0 aliphatic carbocycles. The van der Waals surface area contributed by atoms with Gasteiger partial charge in [-0.2, -0.15) is 0 Å². The summed E-state index contributed by atoms with van der Waals surface area (Å²) in [6.45, 7) is 8.55. The maximum absolute atomic E-state index is 11.6. The first-order valence-electron chi connectivity index (χ1n) is 5.77. The number of anilines is 1. The molecule has 0 saturated carbocycles. The number of hydrogen-bond donors (Lipinski definition) is 1. The summed E-state index contributed by atoms with van der Waals surface area (Å²) >= 11 is 0. The SMILES string of the molecule is CC(C)CNc1nccc(C(=O)OC(C)C)n1. The molecule has 17 heavy (non-hydrogen) atoms. The summed E-state index contributed by atoms with van der Waals surface area (Å²) in [6, 6.07) is 1.55. The highest BCUT2D eigenvalue weighted by molar-refractivity contribution is 5.87. The molecule has 0 spiro atoms. The quantitative estimate of drug-likeness (QED) is 0.794. The van der Waals surface area contributed by atoms with E-state index in [0.29, 0.717) is 11.9 Å². The number of carbonyl (C=O) groups excluding carboxylic acids is 1. The molecule has 0 fully saturated rings. The van der Waals surface area contributed by atoms with Gasteiger partial charge in [-0.05, 0) is 25.8 Å². The van der Waals surface area contributed by atoms with Crippen molar-refractivity contribution in [3.63, 3.8) is 0 Å². The minimum Gasteiger partial charge on any atom is -0.458 e. The minimum absolute atomic E-state index is 0.149. The van der Waals surface area contributed by atoms with Crippen molar-refractivity contribution in [2.75, 3.05) is 11.9 Å². The number of carbonyl (C=O) groups is 1. The number of hydrogen-bond acceptors (Lipinski definition) is 5. The molecule has 1 heterocycles. The third kappa shape index (κ3) is 4.80. The molecule has 5 heteroatoms. The van der Waals surface area contributed by atoms with Crippen LogP contribution in [0.2, 0.25) is 0 Å². The van der Waals surface area contributed by atoms with Crippen molar-refractivity contribution in [1.29, 1.82) is 0 Å². The Morgan fingerprint density at radius 1 is 1.41 bits per heavy atom. The zero-order valence-electron chi connectivity index (χ0n) is 10.7. The largest absolute Gasteiger partial charge is 0.458 e. The highest BCUT2D eigenvalue weighted by Gasteiger charge is 2.11. The molecule has 94 valence electrons. The average Bonchev–Trinajstić information content (AvgIpc) is 2.26. The Kier molecular flexibility index (Phi) is 4.87. The fraction of sp³-hybridized carbons (Fsp3) is 0.583. The molecule has 0 aliphatic rings. The van der Waals surface area contributed by atoms with E-state index >= 15 is 0 Å². The molecule has 1 N–H and O–H groups in total. The Bertz CT molecular complexity index is 378. The molecule has 0 saturated heterocycles. The number of nitrogens with one attached hydrogen (secondary N) is 1. The van der Waals surface area contributed by atoms with E-state index in [4.69, 9.17) is 4.74 Å². The van der Waals surface area contributed by atoms with Gasteiger partial charge in [-0.25, -0.2) is 14.8 Å². The van der Waals surface area contributed by atoms with Crippen LogP contribution in [0, 0.1) is 5.92 Å². The van der Waals surface area contributed by atoms with E-state index < -0.39 is 5.97 Å². The fourth-order valence-electron chi connectivity index (χ4n) is 1.13. The van der Waals surface area contributed by atoms with Gasteiger partial charge in [0.1, 0.15) is 0 Å². The summed E-state index contributed by atoms with van der Waals surface area (Å²) in [5, 5.41) is 3.06. The van der Waals surface area contributed by atoms with Gasteiger partial charge < -0.3 is 10.1 Å². The molecule has 0 aromatic carbocycles. The Balaban J connectivity index is 2.68. The monoisotopic (exact) mass is 237 g/mol. The lowest BCUT2D eigenvalue weighted by Gasteiger charge is -2.09. The minimum atomic E-state index is -0.421. The molecule has 0 amide bonds. The van der Waals surface area contributed by atoms with E-state index in [9.17, 15) is 4.79 Å². The fourth-order valence-corrected chi connectivity index (χ4v) is 1.13.